The minimum absolute atomic E-state index is 0.371. The average Bonchev–Trinajstić information content (AvgIpc) is 3.29. The second kappa shape index (κ2) is 6.49. The molecule has 0 radical (unpaired) electrons. The number of imidazole rings is 1. The van der Waals surface area contributed by atoms with E-state index < -0.39 is 24.5 Å². The zero-order valence-corrected chi connectivity index (χ0v) is 14.0. The van der Waals surface area contributed by atoms with Crippen molar-refractivity contribution < 1.29 is 20.1 Å². The van der Waals surface area contributed by atoms with E-state index in [0.717, 1.165) is 12.8 Å². The van der Waals surface area contributed by atoms with Gasteiger partial charge in [-0.1, -0.05) is 12.8 Å². The third-order valence-electron chi connectivity index (χ3n) is 5.02. The zero-order valence-electron chi connectivity index (χ0n) is 14.0. The molecular weight excluding hydrogens is 326 g/mol. The second-order valence-corrected chi connectivity index (χ2v) is 6.80. The van der Waals surface area contributed by atoms with Gasteiger partial charge in [-0.2, -0.15) is 0 Å². The quantitative estimate of drug-likeness (QED) is 0.612. The number of nitrogens with zero attached hydrogens (tertiary/aromatic N) is 4. The van der Waals surface area contributed by atoms with Crippen molar-refractivity contribution in [2.75, 3.05) is 11.9 Å². The van der Waals surface area contributed by atoms with Crippen molar-refractivity contribution in [3.05, 3.63) is 12.2 Å². The predicted molar refractivity (Wildman–Crippen MR) is 88.9 cm³/mol. The molecule has 1 saturated carbocycles. The number of nitrogens with one attached hydrogen (secondary N) is 1. The van der Waals surface area contributed by atoms with Crippen molar-refractivity contribution in [3.63, 3.8) is 0 Å². The summed E-state index contributed by atoms with van der Waals surface area (Å²) in [6.07, 6.45) is 2.15. The molecule has 3 heterocycles. The Morgan fingerprint density at radius 3 is 2.68 bits per heavy atom. The van der Waals surface area contributed by atoms with Gasteiger partial charge in [0.1, 0.15) is 24.1 Å². The molecule has 4 atom stereocenters. The van der Waals surface area contributed by atoms with Gasteiger partial charge in [0.2, 0.25) is 0 Å². The van der Waals surface area contributed by atoms with Crippen LogP contribution in [0.4, 0.5) is 5.82 Å². The van der Waals surface area contributed by atoms with E-state index in [9.17, 15) is 15.3 Å². The lowest BCUT2D eigenvalue weighted by molar-refractivity contribution is -0.0511. The summed E-state index contributed by atoms with van der Waals surface area (Å²) >= 11 is 0. The van der Waals surface area contributed by atoms with Gasteiger partial charge in [-0.3, -0.25) is 4.57 Å². The Morgan fingerprint density at radius 1 is 1.24 bits per heavy atom. The zero-order chi connectivity index (χ0) is 17.6. The molecule has 1 aliphatic heterocycles. The number of hydrogen-bond donors (Lipinski definition) is 4. The van der Waals surface area contributed by atoms with Gasteiger partial charge in [-0.25, -0.2) is 15.0 Å². The van der Waals surface area contributed by atoms with Crippen molar-refractivity contribution in [3.8, 4) is 0 Å². The number of ether oxygens (including phenoxy) is 1. The number of aromatic nitrogens is 4. The molecule has 2 aromatic heterocycles. The minimum atomic E-state index is -1.17. The van der Waals surface area contributed by atoms with E-state index in [1.807, 2.05) is 0 Å². The number of aliphatic hydroxyl groups is 3. The topological polar surface area (TPSA) is 126 Å². The highest BCUT2D eigenvalue weighted by atomic mass is 16.6. The van der Waals surface area contributed by atoms with Crippen LogP contribution in [-0.2, 0) is 4.74 Å². The molecule has 2 fully saturated rings. The maximum atomic E-state index is 10.3. The molecular formula is C16H23N5O4. The molecule has 136 valence electrons. The third kappa shape index (κ3) is 2.86. The summed E-state index contributed by atoms with van der Waals surface area (Å²) in [5, 5.41) is 33.0. The van der Waals surface area contributed by atoms with Gasteiger partial charge in [0.05, 0.1) is 12.9 Å². The van der Waals surface area contributed by atoms with Crippen LogP contribution in [0, 0.1) is 6.92 Å². The molecule has 9 heteroatoms. The monoisotopic (exact) mass is 349 g/mol. The van der Waals surface area contributed by atoms with E-state index in [0.29, 0.717) is 28.8 Å². The molecule has 1 saturated heterocycles. The first-order chi connectivity index (χ1) is 12.1. The predicted octanol–water partition coefficient (Wildman–Crippen LogP) is 0.101. The van der Waals surface area contributed by atoms with Crippen LogP contribution in [0.2, 0.25) is 0 Å². The highest BCUT2D eigenvalue weighted by molar-refractivity contribution is 5.83. The smallest absolute Gasteiger partial charge is 0.167 e. The van der Waals surface area contributed by atoms with E-state index >= 15 is 0 Å². The van der Waals surface area contributed by atoms with Gasteiger partial charge >= 0.3 is 0 Å². The van der Waals surface area contributed by atoms with E-state index in [2.05, 4.69) is 20.3 Å². The van der Waals surface area contributed by atoms with Crippen LogP contribution < -0.4 is 5.32 Å². The highest BCUT2D eigenvalue weighted by Crippen LogP contribution is 2.33. The van der Waals surface area contributed by atoms with Crippen LogP contribution in [0.5, 0.6) is 0 Å². The Morgan fingerprint density at radius 2 is 2.00 bits per heavy atom. The maximum absolute atomic E-state index is 10.3. The fourth-order valence-corrected chi connectivity index (χ4v) is 3.69. The summed E-state index contributed by atoms with van der Waals surface area (Å²) in [6.45, 7) is 1.43. The highest BCUT2D eigenvalue weighted by Gasteiger charge is 2.44. The Kier molecular flexibility index (Phi) is 4.32. The summed E-state index contributed by atoms with van der Waals surface area (Å²) < 4.78 is 7.18. The Hall–Kier alpha value is -1.81. The van der Waals surface area contributed by atoms with Crippen LogP contribution in [0.3, 0.4) is 0 Å². The summed E-state index contributed by atoms with van der Waals surface area (Å²) in [4.78, 5) is 13.3. The molecule has 4 N–H and O–H groups in total. The number of rotatable bonds is 4. The first kappa shape index (κ1) is 16.6. The fourth-order valence-electron chi connectivity index (χ4n) is 3.69. The van der Waals surface area contributed by atoms with Crippen molar-refractivity contribution in [1.29, 1.82) is 0 Å². The fraction of sp³-hybridized carbons (Fsp3) is 0.688. The molecule has 0 bridgehead atoms. The summed E-state index contributed by atoms with van der Waals surface area (Å²) in [7, 11) is 0. The molecule has 2 aromatic rings. The summed E-state index contributed by atoms with van der Waals surface area (Å²) in [6, 6.07) is 0.386. The van der Waals surface area contributed by atoms with E-state index in [1.54, 1.807) is 11.5 Å². The SMILES string of the molecule is Cc1nc(NC2CCCC2)c2ncn(C3OC(CO)[C@H](O)[C@@H]3O)c2n1. The standard InChI is InChI=1S/C16H23N5O4/c1-8-18-14(20-9-4-2-3-5-9)11-15(19-8)21(7-17-11)16-13(24)12(23)10(6-22)25-16/h7,9-10,12-13,16,22-24H,2-6H2,1H3,(H,18,19,20)/t10?,12-,13-,16?/m0/s1. The van der Waals surface area contributed by atoms with E-state index in [-0.39, 0.29) is 6.61 Å². The molecule has 2 unspecified atom stereocenters. The van der Waals surface area contributed by atoms with Crippen LogP contribution in [0.15, 0.2) is 6.33 Å². The third-order valence-corrected chi connectivity index (χ3v) is 5.02. The Bertz CT molecular complexity index is 760. The Labute approximate surface area is 144 Å². The van der Waals surface area contributed by atoms with Crippen LogP contribution in [0.25, 0.3) is 11.2 Å². The van der Waals surface area contributed by atoms with Gasteiger partial charge in [-0.15, -0.1) is 0 Å². The summed E-state index contributed by atoms with van der Waals surface area (Å²) in [5.74, 6) is 1.27. The van der Waals surface area contributed by atoms with Gasteiger partial charge in [0.25, 0.3) is 0 Å². The van der Waals surface area contributed by atoms with Gasteiger partial charge < -0.3 is 25.4 Å². The number of anilines is 1. The minimum Gasteiger partial charge on any atom is -0.394 e. The summed E-state index contributed by atoms with van der Waals surface area (Å²) in [5.41, 5.74) is 1.14. The van der Waals surface area contributed by atoms with Gasteiger partial charge in [0.15, 0.2) is 23.2 Å². The average molecular weight is 349 g/mol. The molecule has 0 spiro atoms. The normalized spacial score (nSPS) is 30.4. The van der Waals surface area contributed by atoms with Crippen molar-refractivity contribution in [1.82, 2.24) is 19.5 Å². The molecule has 0 amide bonds. The van der Waals surface area contributed by atoms with Crippen LogP contribution in [-0.4, -0.2) is 65.8 Å². The maximum Gasteiger partial charge on any atom is 0.167 e. The Balaban J connectivity index is 1.70. The lowest BCUT2D eigenvalue weighted by Gasteiger charge is -2.17. The van der Waals surface area contributed by atoms with Crippen molar-refractivity contribution >= 4 is 17.0 Å². The van der Waals surface area contributed by atoms with Crippen LogP contribution >= 0.6 is 0 Å². The molecule has 4 rings (SSSR count). The molecule has 1 aliphatic carbocycles. The largest absolute Gasteiger partial charge is 0.394 e. The second-order valence-electron chi connectivity index (χ2n) is 6.80. The van der Waals surface area contributed by atoms with Crippen LogP contribution in [0.1, 0.15) is 37.7 Å². The number of aryl methyl sites for hydroxylation is 1. The van der Waals surface area contributed by atoms with E-state index in [1.165, 1.54) is 19.2 Å². The molecule has 9 nitrogen and oxygen atoms in total. The molecule has 2 aliphatic rings. The van der Waals surface area contributed by atoms with Crippen molar-refractivity contribution in [2.24, 2.45) is 0 Å². The van der Waals surface area contributed by atoms with Crippen molar-refractivity contribution in [2.45, 2.75) is 63.2 Å². The van der Waals surface area contributed by atoms with E-state index in [4.69, 9.17) is 4.74 Å². The van der Waals surface area contributed by atoms with Gasteiger partial charge in [0, 0.05) is 6.04 Å². The van der Waals surface area contributed by atoms with Gasteiger partial charge in [-0.05, 0) is 19.8 Å². The first-order valence-electron chi connectivity index (χ1n) is 8.68. The molecule has 0 aromatic carbocycles. The number of hydrogen-bond acceptors (Lipinski definition) is 8. The lowest BCUT2D eigenvalue weighted by atomic mass is 10.1. The lowest BCUT2D eigenvalue weighted by Crippen LogP contribution is -2.33. The number of aliphatic hydroxyl groups excluding tert-OH is 3. The molecule has 25 heavy (non-hydrogen) atoms. The first-order valence-corrected chi connectivity index (χ1v) is 8.68. The number of fused-ring (bicyclic) bond motifs is 1.